The molecule has 0 fully saturated rings. The lowest BCUT2D eigenvalue weighted by Crippen LogP contribution is -2.11. The molecule has 0 aromatic carbocycles. The van der Waals surface area contributed by atoms with Crippen molar-refractivity contribution in [1.82, 2.24) is 14.8 Å². The molecule has 3 N–H and O–H groups in total. The molecule has 0 saturated carbocycles. The summed E-state index contributed by atoms with van der Waals surface area (Å²) in [6.07, 6.45) is 0. The second-order valence-corrected chi connectivity index (χ2v) is 4.26. The highest BCUT2D eigenvalue weighted by Crippen LogP contribution is 2.18. The second-order valence-electron chi connectivity index (χ2n) is 3.85. The molecule has 2 aromatic rings. The van der Waals surface area contributed by atoms with Crippen LogP contribution in [0.3, 0.4) is 0 Å². The molecule has 0 radical (unpaired) electrons. The highest BCUT2D eigenvalue weighted by atomic mass is 35.5. The number of hydrogen-bond acceptors (Lipinski definition) is 4. The van der Waals surface area contributed by atoms with Gasteiger partial charge in [0, 0.05) is 5.69 Å². The summed E-state index contributed by atoms with van der Waals surface area (Å²) in [5.41, 5.74) is 5.30. The minimum Gasteiger partial charge on any atom is -0.308 e. The molecule has 2 aromatic heterocycles. The molecule has 6 heteroatoms. The van der Waals surface area contributed by atoms with Gasteiger partial charge in [-0.2, -0.15) is 5.10 Å². The van der Waals surface area contributed by atoms with Crippen LogP contribution in [-0.4, -0.2) is 14.8 Å². The van der Waals surface area contributed by atoms with Gasteiger partial charge >= 0.3 is 0 Å². The van der Waals surface area contributed by atoms with E-state index in [1.807, 2.05) is 24.6 Å². The van der Waals surface area contributed by atoms with Gasteiger partial charge in [-0.25, -0.2) is 10.8 Å². The van der Waals surface area contributed by atoms with Crippen LogP contribution in [0.15, 0.2) is 18.2 Å². The molecule has 17 heavy (non-hydrogen) atoms. The van der Waals surface area contributed by atoms with Crippen LogP contribution in [0.2, 0.25) is 5.02 Å². The molecule has 5 nitrogen and oxygen atoms in total. The normalized spacial score (nSPS) is 10.6. The Kier molecular flexibility index (Phi) is 3.31. The summed E-state index contributed by atoms with van der Waals surface area (Å²) in [5, 5.41) is 4.98. The molecule has 0 bridgehead atoms. The summed E-state index contributed by atoms with van der Waals surface area (Å²) >= 11 is 6.09. The average molecular weight is 252 g/mol. The number of nitrogens with one attached hydrogen (secondary N) is 1. The first-order chi connectivity index (χ1) is 8.10. The molecule has 0 saturated heterocycles. The highest BCUT2D eigenvalue weighted by molar-refractivity contribution is 6.31. The molecular weight excluding hydrogens is 238 g/mol. The predicted molar refractivity (Wildman–Crippen MR) is 67.9 cm³/mol. The van der Waals surface area contributed by atoms with Gasteiger partial charge in [-0.1, -0.05) is 11.6 Å². The van der Waals surface area contributed by atoms with Crippen molar-refractivity contribution < 1.29 is 0 Å². The number of nitrogen functional groups attached to an aromatic ring is 1. The van der Waals surface area contributed by atoms with Crippen LogP contribution in [0.1, 0.15) is 17.1 Å². The van der Waals surface area contributed by atoms with E-state index in [1.165, 1.54) is 0 Å². The van der Waals surface area contributed by atoms with Crippen molar-refractivity contribution >= 4 is 17.4 Å². The van der Waals surface area contributed by atoms with Crippen LogP contribution >= 0.6 is 11.6 Å². The third-order valence-electron chi connectivity index (χ3n) is 2.47. The summed E-state index contributed by atoms with van der Waals surface area (Å²) in [7, 11) is 0. The summed E-state index contributed by atoms with van der Waals surface area (Å²) in [4.78, 5) is 4.31. The van der Waals surface area contributed by atoms with Crippen LogP contribution in [-0.2, 0) is 6.54 Å². The van der Waals surface area contributed by atoms with Gasteiger partial charge in [0.1, 0.15) is 5.82 Å². The first kappa shape index (κ1) is 11.9. The Morgan fingerprint density at radius 1 is 1.41 bits per heavy atom. The van der Waals surface area contributed by atoms with Crippen molar-refractivity contribution in [2.24, 2.45) is 5.84 Å². The van der Waals surface area contributed by atoms with Gasteiger partial charge in [0.2, 0.25) is 0 Å². The van der Waals surface area contributed by atoms with Crippen molar-refractivity contribution in [2.75, 3.05) is 5.43 Å². The number of anilines is 1. The number of nitrogens with two attached hydrogens (primary N) is 1. The molecule has 2 heterocycles. The van der Waals surface area contributed by atoms with E-state index in [1.54, 1.807) is 12.1 Å². The SMILES string of the molecule is Cc1cc(C)n(Cc2nc(NN)ccc2Cl)n1. The minimum atomic E-state index is 0.536. The Labute approximate surface area is 105 Å². The van der Waals surface area contributed by atoms with E-state index in [-0.39, 0.29) is 0 Å². The smallest absolute Gasteiger partial charge is 0.140 e. The number of hydrogen-bond donors (Lipinski definition) is 2. The van der Waals surface area contributed by atoms with Gasteiger partial charge in [0.25, 0.3) is 0 Å². The Morgan fingerprint density at radius 3 is 2.76 bits per heavy atom. The fourth-order valence-electron chi connectivity index (χ4n) is 1.65. The fourth-order valence-corrected chi connectivity index (χ4v) is 1.82. The molecular formula is C11H14ClN5. The monoisotopic (exact) mass is 251 g/mol. The molecule has 0 aliphatic heterocycles. The van der Waals surface area contributed by atoms with Crippen LogP contribution in [0.4, 0.5) is 5.82 Å². The van der Waals surface area contributed by atoms with E-state index in [9.17, 15) is 0 Å². The van der Waals surface area contributed by atoms with Crippen LogP contribution < -0.4 is 11.3 Å². The van der Waals surface area contributed by atoms with Crippen LogP contribution in [0, 0.1) is 13.8 Å². The average Bonchev–Trinajstić information content (AvgIpc) is 2.60. The summed E-state index contributed by atoms with van der Waals surface area (Å²) < 4.78 is 1.86. The molecule has 90 valence electrons. The Hall–Kier alpha value is -1.59. The first-order valence-corrected chi connectivity index (χ1v) is 5.61. The number of aryl methyl sites for hydroxylation is 2. The van der Waals surface area contributed by atoms with Crippen molar-refractivity contribution in [3.63, 3.8) is 0 Å². The second kappa shape index (κ2) is 4.73. The maximum atomic E-state index is 6.09. The van der Waals surface area contributed by atoms with Gasteiger partial charge in [-0.05, 0) is 32.0 Å². The van der Waals surface area contributed by atoms with Gasteiger partial charge in [0.05, 0.1) is 23.0 Å². The molecule has 0 unspecified atom stereocenters. The zero-order valence-electron chi connectivity index (χ0n) is 9.74. The van der Waals surface area contributed by atoms with E-state index in [0.29, 0.717) is 17.4 Å². The van der Waals surface area contributed by atoms with Gasteiger partial charge in [-0.15, -0.1) is 0 Å². The van der Waals surface area contributed by atoms with Crippen LogP contribution in [0.25, 0.3) is 0 Å². The summed E-state index contributed by atoms with van der Waals surface area (Å²) in [6, 6.07) is 5.51. The van der Waals surface area contributed by atoms with Crippen molar-refractivity contribution in [3.05, 3.63) is 40.3 Å². The van der Waals surface area contributed by atoms with Crippen molar-refractivity contribution in [3.8, 4) is 0 Å². The number of hydrazine groups is 1. The lowest BCUT2D eigenvalue weighted by atomic mass is 10.3. The summed E-state index contributed by atoms with van der Waals surface area (Å²) in [6.45, 7) is 4.49. The molecule has 0 atom stereocenters. The van der Waals surface area contributed by atoms with Gasteiger partial charge < -0.3 is 5.43 Å². The van der Waals surface area contributed by atoms with Crippen LogP contribution in [0.5, 0.6) is 0 Å². The third-order valence-corrected chi connectivity index (χ3v) is 2.81. The summed E-state index contributed by atoms with van der Waals surface area (Å²) in [5.74, 6) is 5.91. The number of nitrogens with zero attached hydrogens (tertiary/aromatic N) is 3. The van der Waals surface area contributed by atoms with E-state index >= 15 is 0 Å². The van der Waals surface area contributed by atoms with E-state index in [2.05, 4.69) is 15.5 Å². The van der Waals surface area contributed by atoms with E-state index < -0.39 is 0 Å². The quantitative estimate of drug-likeness (QED) is 0.646. The fraction of sp³-hybridized carbons (Fsp3) is 0.273. The topological polar surface area (TPSA) is 68.8 Å². The van der Waals surface area contributed by atoms with Gasteiger partial charge in [0.15, 0.2) is 0 Å². The predicted octanol–water partition coefficient (Wildman–Crippen LogP) is 1.88. The Balaban J connectivity index is 2.32. The maximum absolute atomic E-state index is 6.09. The van der Waals surface area contributed by atoms with E-state index in [0.717, 1.165) is 17.1 Å². The number of rotatable bonds is 3. The number of aromatic nitrogens is 3. The molecule has 0 aliphatic carbocycles. The van der Waals surface area contributed by atoms with Gasteiger partial charge in [-0.3, -0.25) is 4.68 Å². The van der Waals surface area contributed by atoms with E-state index in [4.69, 9.17) is 17.4 Å². The lowest BCUT2D eigenvalue weighted by Gasteiger charge is -2.07. The third kappa shape index (κ3) is 2.57. The standard InChI is InChI=1S/C11H14ClN5/c1-7-5-8(2)17(16-7)6-10-9(12)3-4-11(14-10)15-13/h3-5H,6,13H2,1-2H3,(H,14,15). The highest BCUT2D eigenvalue weighted by Gasteiger charge is 2.07. The number of pyridine rings is 1. The Morgan fingerprint density at radius 2 is 2.18 bits per heavy atom. The zero-order valence-corrected chi connectivity index (χ0v) is 10.5. The van der Waals surface area contributed by atoms with Crippen molar-refractivity contribution in [2.45, 2.75) is 20.4 Å². The Bertz CT molecular complexity index is 535. The molecule has 2 rings (SSSR count). The largest absolute Gasteiger partial charge is 0.308 e. The maximum Gasteiger partial charge on any atom is 0.140 e. The molecule has 0 aliphatic rings. The van der Waals surface area contributed by atoms with Crippen molar-refractivity contribution in [1.29, 1.82) is 0 Å². The minimum absolute atomic E-state index is 0.536. The lowest BCUT2D eigenvalue weighted by molar-refractivity contribution is 0.647. The number of halogens is 1. The molecule has 0 amide bonds. The zero-order chi connectivity index (χ0) is 12.4. The first-order valence-electron chi connectivity index (χ1n) is 5.23. The molecule has 0 spiro atoms.